The molecular weight excluding hydrogens is 403 g/mol. The standard InChI is InChI=1S/C13H15BrF3NO4S/c1-12(2,3)22-11(21)18(6-13(15,16)17)9(10(19)20)8-4-7(14)5-23-8/h4-5,9H,6H2,1-3H3,(H,19,20). The average Bonchev–Trinajstić information content (AvgIpc) is 2.70. The van der Waals surface area contributed by atoms with Gasteiger partial charge in [-0.05, 0) is 42.8 Å². The van der Waals surface area contributed by atoms with Crippen LogP contribution in [0.5, 0.6) is 0 Å². The Morgan fingerprint density at radius 1 is 1.39 bits per heavy atom. The monoisotopic (exact) mass is 417 g/mol. The summed E-state index contributed by atoms with van der Waals surface area (Å²) in [7, 11) is 0. The Morgan fingerprint density at radius 2 is 1.96 bits per heavy atom. The van der Waals surface area contributed by atoms with E-state index in [9.17, 15) is 27.9 Å². The molecule has 1 rings (SSSR count). The smallest absolute Gasteiger partial charge is 0.411 e. The van der Waals surface area contributed by atoms with Crippen molar-refractivity contribution < 1.29 is 32.6 Å². The Kier molecular flexibility index (Phi) is 6.08. The predicted molar refractivity (Wildman–Crippen MR) is 81.4 cm³/mol. The molecule has 0 aliphatic carbocycles. The topological polar surface area (TPSA) is 66.8 Å². The average molecular weight is 418 g/mol. The van der Waals surface area contributed by atoms with Crippen molar-refractivity contribution in [3.05, 3.63) is 20.8 Å². The molecule has 1 amide bonds. The lowest BCUT2D eigenvalue weighted by molar-refractivity contribution is -0.160. The fourth-order valence-electron chi connectivity index (χ4n) is 1.66. The lowest BCUT2D eigenvalue weighted by atomic mass is 10.2. The van der Waals surface area contributed by atoms with E-state index in [-0.39, 0.29) is 9.78 Å². The number of hydrogen-bond donors (Lipinski definition) is 1. The molecule has 1 heterocycles. The lowest BCUT2D eigenvalue weighted by Gasteiger charge is -2.31. The van der Waals surface area contributed by atoms with Gasteiger partial charge in [0.2, 0.25) is 0 Å². The normalized spacial score (nSPS) is 13.5. The Balaban J connectivity index is 3.23. The molecule has 1 aromatic heterocycles. The second-order valence-corrected chi connectivity index (χ2v) is 7.49. The molecule has 0 aliphatic heterocycles. The van der Waals surface area contributed by atoms with Gasteiger partial charge < -0.3 is 9.84 Å². The van der Waals surface area contributed by atoms with Crippen LogP contribution in [0, 0.1) is 0 Å². The van der Waals surface area contributed by atoms with Gasteiger partial charge in [-0.3, -0.25) is 4.90 Å². The van der Waals surface area contributed by atoms with Crippen LogP contribution in [0.4, 0.5) is 18.0 Å². The molecule has 0 bridgehead atoms. The number of carbonyl (C=O) groups excluding carboxylic acids is 1. The van der Waals surface area contributed by atoms with Crippen molar-refractivity contribution in [2.75, 3.05) is 6.54 Å². The number of thiophene rings is 1. The molecule has 1 aromatic rings. The van der Waals surface area contributed by atoms with E-state index in [1.54, 1.807) is 0 Å². The van der Waals surface area contributed by atoms with E-state index < -0.39 is 36.4 Å². The molecule has 0 radical (unpaired) electrons. The van der Waals surface area contributed by atoms with Crippen molar-refractivity contribution >= 4 is 39.3 Å². The van der Waals surface area contributed by atoms with Crippen LogP contribution in [0.25, 0.3) is 0 Å². The van der Waals surface area contributed by atoms with Crippen LogP contribution >= 0.6 is 27.3 Å². The fraction of sp³-hybridized carbons (Fsp3) is 0.538. The maximum atomic E-state index is 12.8. The highest BCUT2D eigenvalue weighted by molar-refractivity contribution is 9.10. The highest BCUT2D eigenvalue weighted by atomic mass is 79.9. The van der Waals surface area contributed by atoms with Crippen molar-refractivity contribution in [3.63, 3.8) is 0 Å². The molecule has 1 atom stereocenters. The van der Waals surface area contributed by atoms with Crippen LogP contribution in [-0.2, 0) is 9.53 Å². The number of aliphatic carboxylic acids is 1. The number of rotatable bonds is 4. The number of amides is 1. The molecule has 10 heteroatoms. The summed E-state index contributed by atoms with van der Waals surface area (Å²) < 4.78 is 43.8. The van der Waals surface area contributed by atoms with Gasteiger partial charge in [-0.15, -0.1) is 11.3 Å². The zero-order valence-corrected chi connectivity index (χ0v) is 14.9. The quantitative estimate of drug-likeness (QED) is 0.786. The zero-order chi connectivity index (χ0) is 18.0. The second-order valence-electron chi connectivity index (χ2n) is 5.63. The van der Waals surface area contributed by atoms with Gasteiger partial charge in [-0.25, -0.2) is 9.59 Å². The third-order valence-electron chi connectivity index (χ3n) is 2.38. The van der Waals surface area contributed by atoms with Crippen LogP contribution in [0.2, 0.25) is 0 Å². The molecule has 0 spiro atoms. The largest absolute Gasteiger partial charge is 0.479 e. The lowest BCUT2D eigenvalue weighted by Crippen LogP contribution is -2.46. The summed E-state index contributed by atoms with van der Waals surface area (Å²) in [6.07, 6.45) is -6.11. The molecule has 1 unspecified atom stereocenters. The van der Waals surface area contributed by atoms with E-state index in [1.807, 2.05) is 0 Å². The number of alkyl halides is 3. The summed E-state index contributed by atoms with van der Waals surface area (Å²) >= 11 is 4.04. The minimum Gasteiger partial charge on any atom is -0.479 e. The molecular formula is C13H15BrF3NO4S. The molecule has 0 saturated heterocycles. The summed E-state index contributed by atoms with van der Waals surface area (Å²) in [5.74, 6) is -1.57. The number of carboxylic acids is 1. The van der Waals surface area contributed by atoms with E-state index in [0.29, 0.717) is 4.47 Å². The molecule has 0 aliphatic rings. The number of hydrogen-bond acceptors (Lipinski definition) is 4. The van der Waals surface area contributed by atoms with Crippen LogP contribution in [0.3, 0.4) is 0 Å². The zero-order valence-electron chi connectivity index (χ0n) is 12.5. The van der Waals surface area contributed by atoms with Gasteiger partial charge in [-0.1, -0.05) is 0 Å². The van der Waals surface area contributed by atoms with E-state index in [0.717, 1.165) is 11.3 Å². The van der Waals surface area contributed by atoms with E-state index in [2.05, 4.69) is 15.9 Å². The van der Waals surface area contributed by atoms with Crippen LogP contribution < -0.4 is 0 Å². The first-order chi connectivity index (χ1) is 10.3. The maximum Gasteiger partial charge on any atom is 0.411 e. The Morgan fingerprint density at radius 3 is 2.30 bits per heavy atom. The van der Waals surface area contributed by atoms with Gasteiger partial charge in [0.05, 0.1) is 0 Å². The van der Waals surface area contributed by atoms with Gasteiger partial charge in [0.25, 0.3) is 0 Å². The first kappa shape index (κ1) is 19.8. The molecule has 23 heavy (non-hydrogen) atoms. The molecule has 5 nitrogen and oxygen atoms in total. The van der Waals surface area contributed by atoms with Gasteiger partial charge >= 0.3 is 18.2 Å². The van der Waals surface area contributed by atoms with Crippen LogP contribution in [0.1, 0.15) is 31.7 Å². The Hall–Kier alpha value is -1.29. The number of halogens is 4. The molecule has 0 saturated carbocycles. The second kappa shape index (κ2) is 7.08. The predicted octanol–water partition coefficient (Wildman–Crippen LogP) is 4.44. The third kappa shape index (κ3) is 6.38. The van der Waals surface area contributed by atoms with Crippen LogP contribution in [-0.4, -0.2) is 40.4 Å². The fourth-order valence-corrected chi connectivity index (χ4v) is 3.20. The number of ether oxygens (including phenoxy) is 1. The first-order valence-corrected chi connectivity index (χ1v) is 8.00. The Bertz CT molecular complexity index is 583. The van der Waals surface area contributed by atoms with Gasteiger partial charge in [0.1, 0.15) is 12.1 Å². The number of carbonyl (C=O) groups is 2. The van der Waals surface area contributed by atoms with Crippen molar-refractivity contribution in [1.82, 2.24) is 4.90 Å². The van der Waals surface area contributed by atoms with Crippen LogP contribution in [0.15, 0.2) is 15.9 Å². The Labute approximate surface area is 143 Å². The van der Waals surface area contributed by atoms with Crippen molar-refractivity contribution in [3.8, 4) is 0 Å². The minimum atomic E-state index is -4.76. The number of nitrogens with zero attached hydrogens (tertiary/aromatic N) is 1. The van der Waals surface area contributed by atoms with Crippen molar-refractivity contribution in [1.29, 1.82) is 0 Å². The minimum absolute atomic E-state index is 0.0829. The highest BCUT2D eigenvalue weighted by Crippen LogP contribution is 2.33. The van der Waals surface area contributed by atoms with Gasteiger partial charge in [0.15, 0.2) is 6.04 Å². The molecule has 130 valence electrons. The molecule has 1 N–H and O–H groups in total. The summed E-state index contributed by atoms with van der Waals surface area (Å²) in [6.45, 7) is 2.71. The number of carboxylic acid groups (broad SMARTS) is 1. The highest BCUT2D eigenvalue weighted by Gasteiger charge is 2.42. The van der Waals surface area contributed by atoms with Crippen molar-refractivity contribution in [2.24, 2.45) is 0 Å². The van der Waals surface area contributed by atoms with Gasteiger partial charge in [0, 0.05) is 14.7 Å². The summed E-state index contributed by atoms with van der Waals surface area (Å²) in [4.78, 5) is 23.8. The van der Waals surface area contributed by atoms with E-state index in [4.69, 9.17) is 4.74 Å². The maximum absolute atomic E-state index is 12.8. The molecule has 0 aromatic carbocycles. The van der Waals surface area contributed by atoms with E-state index >= 15 is 0 Å². The van der Waals surface area contributed by atoms with Gasteiger partial charge in [-0.2, -0.15) is 13.2 Å². The van der Waals surface area contributed by atoms with Crippen molar-refractivity contribution in [2.45, 2.75) is 38.6 Å². The summed E-state index contributed by atoms with van der Waals surface area (Å²) in [5, 5.41) is 10.8. The summed E-state index contributed by atoms with van der Waals surface area (Å²) in [5.41, 5.74) is -1.06. The summed E-state index contributed by atoms with van der Waals surface area (Å²) in [6, 6.07) is -0.431. The van der Waals surface area contributed by atoms with E-state index in [1.165, 1.54) is 32.2 Å². The first-order valence-electron chi connectivity index (χ1n) is 6.33. The SMILES string of the molecule is CC(C)(C)OC(=O)N(CC(F)(F)F)C(C(=O)O)c1cc(Br)cs1. The third-order valence-corrected chi connectivity index (χ3v) is 4.13. The molecule has 0 fully saturated rings.